The van der Waals surface area contributed by atoms with Gasteiger partial charge in [0.2, 0.25) is 11.8 Å². The van der Waals surface area contributed by atoms with Gasteiger partial charge < -0.3 is 15.0 Å². The smallest absolute Gasteiger partial charge is 0.243 e. The summed E-state index contributed by atoms with van der Waals surface area (Å²) in [7, 11) is 0. The van der Waals surface area contributed by atoms with Crippen LogP contribution in [0, 0.1) is 5.82 Å². The summed E-state index contributed by atoms with van der Waals surface area (Å²) in [5.41, 5.74) is 0.773. The van der Waals surface area contributed by atoms with E-state index in [0.717, 1.165) is 5.56 Å². The van der Waals surface area contributed by atoms with E-state index in [1.165, 1.54) is 11.0 Å². The van der Waals surface area contributed by atoms with Crippen molar-refractivity contribution in [2.75, 3.05) is 6.61 Å². The van der Waals surface area contributed by atoms with Crippen LogP contribution >= 0.6 is 11.6 Å². The van der Waals surface area contributed by atoms with Crippen LogP contribution in [0.2, 0.25) is 5.02 Å². The van der Waals surface area contributed by atoms with E-state index in [4.69, 9.17) is 16.3 Å². The summed E-state index contributed by atoms with van der Waals surface area (Å²) in [6, 6.07) is 22.0. The summed E-state index contributed by atoms with van der Waals surface area (Å²) in [5.74, 6) is -0.279. The fourth-order valence-electron chi connectivity index (χ4n) is 3.90. The van der Waals surface area contributed by atoms with Crippen LogP contribution in [0.15, 0.2) is 78.9 Å². The number of carbonyl (C=O) groups is 2. The number of rotatable bonds is 11. The quantitative estimate of drug-likeness (QED) is 0.304. The number of nitrogens with zero attached hydrogens (tertiary/aromatic N) is 1. The molecule has 0 bridgehead atoms. The van der Waals surface area contributed by atoms with E-state index in [9.17, 15) is 14.0 Å². The van der Waals surface area contributed by atoms with Gasteiger partial charge in [0.15, 0.2) is 0 Å². The molecular weight excluding hydrogens is 491 g/mol. The van der Waals surface area contributed by atoms with Crippen LogP contribution < -0.4 is 10.1 Å². The molecule has 0 radical (unpaired) electrons. The lowest BCUT2D eigenvalue weighted by Gasteiger charge is -2.34. The molecule has 1 atom stereocenters. The van der Waals surface area contributed by atoms with Crippen LogP contribution in [0.5, 0.6) is 5.75 Å². The second-order valence-corrected chi connectivity index (χ2v) is 10.4. The predicted molar refractivity (Wildman–Crippen MR) is 145 cm³/mol. The van der Waals surface area contributed by atoms with Gasteiger partial charge >= 0.3 is 0 Å². The Kier molecular flexibility index (Phi) is 10.1. The molecular formula is C30H34ClFN2O3. The molecule has 0 aliphatic heterocycles. The van der Waals surface area contributed by atoms with Crippen LogP contribution in [0.3, 0.4) is 0 Å². The van der Waals surface area contributed by atoms with E-state index >= 15 is 0 Å². The minimum Gasteiger partial charge on any atom is -0.494 e. The SMILES string of the molecule is CC(C)(C)NC(=O)[C@@H](Cc1ccccc1)N(Cc1ccccc1F)C(=O)CCCOc1ccc(Cl)cc1. The van der Waals surface area contributed by atoms with Gasteiger partial charge in [-0.15, -0.1) is 0 Å². The lowest BCUT2D eigenvalue weighted by molar-refractivity contribution is -0.142. The van der Waals surface area contributed by atoms with E-state index in [0.29, 0.717) is 35.8 Å². The van der Waals surface area contributed by atoms with Crippen molar-refractivity contribution >= 4 is 23.4 Å². The maximum Gasteiger partial charge on any atom is 0.243 e. The highest BCUT2D eigenvalue weighted by Gasteiger charge is 2.32. The number of carbonyl (C=O) groups excluding carboxylic acids is 2. The third-order valence-corrected chi connectivity index (χ3v) is 5.94. The summed E-state index contributed by atoms with van der Waals surface area (Å²) in [5, 5.41) is 3.62. The fraction of sp³-hybridized carbons (Fsp3) is 0.333. The highest BCUT2D eigenvalue weighted by atomic mass is 35.5. The molecule has 196 valence electrons. The number of hydrogen-bond donors (Lipinski definition) is 1. The Morgan fingerprint density at radius 3 is 2.27 bits per heavy atom. The third-order valence-electron chi connectivity index (χ3n) is 5.69. The second kappa shape index (κ2) is 13.2. The highest BCUT2D eigenvalue weighted by molar-refractivity contribution is 6.30. The number of benzene rings is 3. The number of amides is 2. The van der Waals surface area contributed by atoms with Crippen LogP contribution in [0.1, 0.15) is 44.7 Å². The third kappa shape index (κ3) is 9.21. The van der Waals surface area contributed by atoms with Crippen LogP contribution in [0.25, 0.3) is 0 Å². The van der Waals surface area contributed by atoms with Gasteiger partial charge in [0, 0.05) is 35.5 Å². The van der Waals surface area contributed by atoms with Gasteiger partial charge in [0.1, 0.15) is 17.6 Å². The predicted octanol–water partition coefficient (Wildman–Crippen LogP) is 6.19. The van der Waals surface area contributed by atoms with Gasteiger partial charge in [-0.3, -0.25) is 9.59 Å². The van der Waals surface area contributed by atoms with Crippen molar-refractivity contribution < 1.29 is 18.7 Å². The average Bonchev–Trinajstić information content (AvgIpc) is 2.85. The van der Waals surface area contributed by atoms with E-state index < -0.39 is 17.4 Å². The van der Waals surface area contributed by atoms with E-state index in [-0.39, 0.29) is 24.8 Å². The minimum absolute atomic E-state index is 0.0153. The van der Waals surface area contributed by atoms with Gasteiger partial charge in [0.25, 0.3) is 0 Å². The van der Waals surface area contributed by atoms with Crippen LogP contribution in [-0.4, -0.2) is 34.9 Å². The Balaban J connectivity index is 1.81. The lowest BCUT2D eigenvalue weighted by Crippen LogP contribution is -2.54. The monoisotopic (exact) mass is 524 g/mol. The average molecular weight is 525 g/mol. The molecule has 0 aliphatic carbocycles. The molecule has 0 unspecified atom stereocenters. The molecule has 0 aliphatic rings. The number of hydrogen-bond acceptors (Lipinski definition) is 3. The summed E-state index contributed by atoms with van der Waals surface area (Å²) in [4.78, 5) is 28.6. The standard InChI is InChI=1S/C30H34ClFN2O3/c1-30(2,3)33-29(36)27(20-22-10-5-4-6-11-22)34(21-23-12-7-8-13-26(23)32)28(35)14-9-19-37-25-17-15-24(31)16-18-25/h4-8,10-13,15-18,27H,9,14,19-21H2,1-3H3,(H,33,36)/t27-/m1/s1. The van der Waals surface area contributed by atoms with E-state index in [1.54, 1.807) is 42.5 Å². The highest BCUT2D eigenvalue weighted by Crippen LogP contribution is 2.20. The molecule has 0 fully saturated rings. The van der Waals surface area contributed by atoms with Crippen LogP contribution in [-0.2, 0) is 22.6 Å². The first-order chi connectivity index (χ1) is 17.6. The number of nitrogens with one attached hydrogen (secondary N) is 1. The van der Waals surface area contributed by atoms with Crippen molar-refractivity contribution in [1.82, 2.24) is 10.2 Å². The molecule has 7 heteroatoms. The van der Waals surface area contributed by atoms with Gasteiger partial charge in [-0.25, -0.2) is 4.39 Å². The summed E-state index contributed by atoms with van der Waals surface area (Å²) in [6.07, 6.45) is 0.897. The Hall–Kier alpha value is -3.38. The van der Waals surface area contributed by atoms with Gasteiger partial charge in [0.05, 0.1) is 6.61 Å². The molecule has 0 heterocycles. The maximum absolute atomic E-state index is 14.6. The largest absolute Gasteiger partial charge is 0.494 e. The minimum atomic E-state index is -0.814. The molecule has 3 aromatic rings. The maximum atomic E-state index is 14.6. The molecule has 1 N–H and O–H groups in total. The zero-order chi connectivity index (χ0) is 26.8. The van der Waals surface area contributed by atoms with Gasteiger partial charge in [-0.05, 0) is 63.1 Å². The summed E-state index contributed by atoms with van der Waals surface area (Å²) in [6.45, 7) is 5.97. The zero-order valence-electron chi connectivity index (χ0n) is 21.5. The normalized spacial score (nSPS) is 12.0. The summed E-state index contributed by atoms with van der Waals surface area (Å²) < 4.78 is 20.4. The van der Waals surface area contributed by atoms with Gasteiger partial charge in [-0.1, -0.05) is 60.1 Å². The Labute approximate surface area is 223 Å². The molecule has 3 aromatic carbocycles. The molecule has 0 aromatic heterocycles. The Morgan fingerprint density at radius 1 is 0.973 bits per heavy atom. The van der Waals surface area contributed by atoms with Crippen molar-refractivity contribution in [1.29, 1.82) is 0 Å². The molecule has 5 nitrogen and oxygen atoms in total. The van der Waals surface area contributed by atoms with Crippen molar-refractivity contribution in [3.8, 4) is 5.75 Å². The zero-order valence-corrected chi connectivity index (χ0v) is 22.3. The Morgan fingerprint density at radius 2 is 1.62 bits per heavy atom. The van der Waals surface area contributed by atoms with Gasteiger partial charge in [-0.2, -0.15) is 0 Å². The fourth-order valence-corrected chi connectivity index (χ4v) is 4.03. The Bertz CT molecular complexity index is 1160. The first-order valence-corrected chi connectivity index (χ1v) is 12.8. The number of ether oxygens (including phenoxy) is 1. The number of halogens is 2. The molecule has 3 rings (SSSR count). The molecule has 0 saturated heterocycles. The van der Waals surface area contributed by atoms with Crippen molar-refractivity contribution in [3.05, 3.63) is 101 Å². The van der Waals surface area contributed by atoms with Crippen molar-refractivity contribution in [3.63, 3.8) is 0 Å². The summed E-state index contributed by atoms with van der Waals surface area (Å²) >= 11 is 5.92. The molecule has 2 amide bonds. The van der Waals surface area contributed by atoms with Crippen LogP contribution in [0.4, 0.5) is 4.39 Å². The second-order valence-electron chi connectivity index (χ2n) is 9.96. The molecule has 0 saturated carbocycles. The first-order valence-electron chi connectivity index (χ1n) is 12.4. The first kappa shape index (κ1) is 28.2. The van der Waals surface area contributed by atoms with E-state index in [1.807, 2.05) is 51.1 Å². The molecule has 0 spiro atoms. The lowest BCUT2D eigenvalue weighted by atomic mass is 10.00. The molecule has 37 heavy (non-hydrogen) atoms. The van der Waals surface area contributed by atoms with Crippen molar-refractivity contribution in [2.24, 2.45) is 0 Å². The van der Waals surface area contributed by atoms with E-state index in [2.05, 4.69) is 5.32 Å². The topological polar surface area (TPSA) is 58.6 Å². The van der Waals surface area contributed by atoms with Crippen molar-refractivity contribution in [2.45, 2.75) is 58.2 Å².